The summed E-state index contributed by atoms with van der Waals surface area (Å²) in [7, 11) is 0. The summed E-state index contributed by atoms with van der Waals surface area (Å²) in [5.41, 5.74) is 0.912. The molecule has 2 amide bonds. The average molecular weight is 369 g/mol. The van der Waals surface area contributed by atoms with Crippen LogP contribution in [0.4, 0.5) is 5.69 Å². The number of carbonyl (C=O) groups is 2. The van der Waals surface area contributed by atoms with Crippen molar-refractivity contribution in [3.63, 3.8) is 0 Å². The van der Waals surface area contributed by atoms with Crippen LogP contribution < -0.4 is 5.32 Å². The van der Waals surface area contributed by atoms with Gasteiger partial charge in [0.05, 0.1) is 22.5 Å². The third-order valence-corrected chi connectivity index (χ3v) is 3.96. The fourth-order valence-corrected chi connectivity index (χ4v) is 2.71. The highest BCUT2D eigenvalue weighted by molar-refractivity contribution is 6.36. The molecule has 0 saturated heterocycles. The number of nitrogens with zero attached hydrogens (tertiary/aromatic N) is 1. The topological polar surface area (TPSA) is 62.6 Å². The summed E-state index contributed by atoms with van der Waals surface area (Å²) in [6, 6.07) is 6.40. The number of anilines is 1. The maximum Gasteiger partial charge on any atom is 0.257 e. The molecule has 5 nitrogen and oxygen atoms in total. The second-order valence-corrected chi connectivity index (χ2v) is 6.13. The predicted molar refractivity (Wildman–Crippen MR) is 94.7 cm³/mol. The summed E-state index contributed by atoms with van der Waals surface area (Å²) in [4.78, 5) is 26.3. The van der Waals surface area contributed by atoms with E-state index in [1.165, 1.54) is 11.2 Å². The molecular formula is C17H18Cl2N2O3. The first-order valence-electron chi connectivity index (χ1n) is 7.50. The van der Waals surface area contributed by atoms with Crippen molar-refractivity contribution in [3.05, 3.63) is 51.9 Å². The fraction of sp³-hybridized carbons (Fsp3) is 0.294. The predicted octanol–water partition coefficient (Wildman–Crippen LogP) is 4.39. The zero-order chi connectivity index (χ0) is 17.7. The molecule has 0 bridgehead atoms. The van der Waals surface area contributed by atoms with E-state index in [-0.39, 0.29) is 18.4 Å². The lowest BCUT2D eigenvalue weighted by Gasteiger charge is -2.21. The second-order valence-electron chi connectivity index (χ2n) is 5.29. The van der Waals surface area contributed by atoms with Crippen molar-refractivity contribution >= 4 is 40.7 Å². The third-order valence-electron chi connectivity index (χ3n) is 3.41. The number of furan rings is 1. The molecule has 2 aromatic rings. The Morgan fingerprint density at radius 2 is 2.00 bits per heavy atom. The highest BCUT2D eigenvalue weighted by atomic mass is 35.5. The Bertz CT molecular complexity index is 743. The maximum absolute atomic E-state index is 12.6. The minimum absolute atomic E-state index is 0.0732. The molecule has 0 aliphatic carbocycles. The Labute approximate surface area is 150 Å². The van der Waals surface area contributed by atoms with Gasteiger partial charge < -0.3 is 14.6 Å². The highest BCUT2D eigenvalue weighted by Gasteiger charge is 2.21. The van der Waals surface area contributed by atoms with Crippen molar-refractivity contribution in [2.75, 3.05) is 18.4 Å². The first-order chi connectivity index (χ1) is 11.4. The number of nitrogens with one attached hydrogen (secondary N) is 1. The molecule has 0 radical (unpaired) electrons. The molecule has 0 fully saturated rings. The van der Waals surface area contributed by atoms with E-state index in [4.69, 9.17) is 27.6 Å². The van der Waals surface area contributed by atoms with E-state index in [1.54, 1.807) is 31.2 Å². The van der Waals surface area contributed by atoms with Crippen LogP contribution in [-0.4, -0.2) is 29.8 Å². The molecule has 0 aliphatic heterocycles. The van der Waals surface area contributed by atoms with Crippen molar-refractivity contribution in [3.8, 4) is 0 Å². The Morgan fingerprint density at radius 3 is 2.58 bits per heavy atom. The molecule has 128 valence electrons. The smallest absolute Gasteiger partial charge is 0.257 e. The summed E-state index contributed by atoms with van der Waals surface area (Å²) in [6.07, 6.45) is 2.19. The zero-order valence-electron chi connectivity index (χ0n) is 13.4. The molecule has 1 N–H and O–H groups in total. The van der Waals surface area contributed by atoms with E-state index in [1.807, 2.05) is 6.92 Å². The fourth-order valence-electron chi connectivity index (χ4n) is 2.25. The van der Waals surface area contributed by atoms with E-state index in [2.05, 4.69) is 5.32 Å². The highest BCUT2D eigenvalue weighted by Crippen LogP contribution is 2.25. The van der Waals surface area contributed by atoms with Crippen molar-refractivity contribution in [1.82, 2.24) is 4.90 Å². The first kappa shape index (κ1) is 18.4. The van der Waals surface area contributed by atoms with Crippen LogP contribution in [0.5, 0.6) is 0 Å². The molecule has 1 aromatic carbocycles. The van der Waals surface area contributed by atoms with E-state index in [0.29, 0.717) is 33.6 Å². The van der Waals surface area contributed by atoms with Crippen molar-refractivity contribution in [2.45, 2.75) is 20.3 Å². The average Bonchev–Trinajstić information content (AvgIpc) is 2.95. The molecule has 0 aliphatic rings. The quantitative estimate of drug-likeness (QED) is 0.822. The normalized spacial score (nSPS) is 10.5. The molecule has 24 heavy (non-hydrogen) atoms. The molecule has 0 spiro atoms. The van der Waals surface area contributed by atoms with Crippen molar-refractivity contribution < 1.29 is 14.0 Å². The van der Waals surface area contributed by atoms with Gasteiger partial charge in [-0.3, -0.25) is 9.59 Å². The Kier molecular flexibility index (Phi) is 6.29. The number of halogens is 2. The van der Waals surface area contributed by atoms with E-state index in [0.717, 1.165) is 6.42 Å². The summed E-state index contributed by atoms with van der Waals surface area (Å²) in [5.74, 6) is -0.0371. The van der Waals surface area contributed by atoms with Gasteiger partial charge in [-0.25, -0.2) is 0 Å². The van der Waals surface area contributed by atoms with Gasteiger partial charge in [0.2, 0.25) is 5.91 Å². The molecule has 1 heterocycles. The standard InChI is InChI=1S/C17H18Cl2N2O3/c1-3-7-21(17(23)13-6-8-24-11(13)2)10-16(22)20-15-5-4-12(18)9-14(15)19/h4-6,8-9H,3,7,10H2,1-2H3,(H,20,22). The minimum Gasteiger partial charge on any atom is -0.469 e. The van der Waals surface area contributed by atoms with Gasteiger partial charge >= 0.3 is 0 Å². The lowest BCUT2D eigenvalue weighted by Crippen LogP contribution is -2.38. The first-order valence-corrected chi connectivity index (χ1v) is 8.26. The Balaban J connectivity index is 2.08. The minimum atomic E-state index is -0.331. The van der Waals surface area contributed by atoms with Gasteiger partial charge in [-0.2, -0.15) is 0 Å². The SMILES string of the molecule is CCCN(CC(=O)Nc1ccc(Cl)cc1Cl)C(=O)c1ccoc1C. The van der Waals surface area contributed by atoms with Gasteiger partial charge in [0, 0.05) is 11.6 Å². The maximum atomic E-state index is 12.6. The summed E-state index contributed by atoms with van der Waals surface area (Å²) in [6.45, 7) is 4.04. The van der Waals surface area contributed by atoms with Crippen LogP contribution in [0.1, 0.15) is 29.5 Å². The summed E-state index contributed by atoms with van der Waals surface area (Å²) in [5, 5.41) is 3.52. The van der Waals surface area contributed by atoms with Crippen LogP contribution >= 0.6 is 23.2 Å². The van der Waals surface area contributed by atoms with Gasteiger partial charge in [0.25, 0.3) is 5.91 Å². The molecule has 2 rings (SSSR count). The van der Waals surface area contributed by atoms with Gasteiger partial charge in [0.1, 0.15) is 12.3 Å². The van der Waals surface area contributed by atoms with Crippen LogP contribution in [-0.2, 0) is 4.79 Å². The van der Waals surface area contributed by atoms with Gasteiger partial charge in [0.15, 0.2) is 0 Å². The number of rotatable bonds is 6. The number of carbonyl (C=O) groups excluding carboxylic acids is 2. The Morgan fingerprint density at radius 1 is 1.25 bits per heavy atom. The number of benzene rings is 1. The largest absolute Gasteiger partial charge is 0.469 e. The van der Waals surface area contributed by atoms with Gasteiger partial charge in [-0.05, 0) is 37.6 Å². The molecule has 0 unspecified atom stereocenters. The van der Waals surface area contributed by atoms with E-state index >= 15 is 0 Å². The van der Waals surface area contributed by atoms with Crippen LogP contribution in [0, 0.1) is 6.92 Å². The molecule has 0 atom stereocenters. The lowest BCUT2D eigenvalue weighted by atomic mass is 10.2. The van der Waals surface area contributed by atoms with Crippen LogP contribution in [0.15, 0.2) is 34.9 Å². The number of aryl methyl sites for hydroxylation is 1. The Hall–Kier alpha value is -1.98. The van der Waals surface area contributed by atoms with Crippen molar-refractivity contribution in [2.24, 2.45) is 0 Å². The van der Waals surface area contributed by atoms with Crippen molar-refractivity contribution in [1.29, 1.82) is 0 Å². The molecular weight excluding hydrogens is 351 g/mol. The van der Waals surface area contributed by atoms with E-state index < -0.39 is 0 Å². The summed E-state index contributed by atoms with van der Waals surface area (Å²) < 4.78 is 5.16. The van der Waals surface area contributed by atoms with Crippen LogP contribution in [0.25, 0.3) is 0 Å². The number of amides is 2. The molecule has 1 aromatic heterocycles. The lowest BCUT2D eigenvalue weighted by molar-refractivity contribution is -0.116. The monoisotopic (exact) mass is 368 g/mol. The number of hydrogen-bond acceptors (Lipinski definition) is 3. The third kappa shape index (κ3) is 4.52. The molecule has 0 saturated carbocycles. The van der Waals surface area contributed by atoms with Gasteiger partial charge in [-0.1, -0.05) is 30.1 Å². The van der Waals surface area contributed by atoms with Crippen LogP contribution in [0.2, 0.25) is 10.0 Å². The molecule has 7 heteroatoms. The van der Waals surface area contributed by atoms with E-state index in [9.17, 15) is 9.59 Å². The summed E-state index contributed by atoms with van der Waals surface area (Å²) >= 11 is 11.9. The number of hydrogen-bond donors (Lipinski definition) is 1. The van der Waals surface area contributed by atoms with Crippen LogP contribution in [0.3, 0.4) is 0 Å². The zero-order valence-corrected chi connectivity index (χ0v) is 14.9. The second kappa shape index (κ2) is 8.22. The van der Waals surface area contributed by atoms with Gasteiger partial charge in [-0.15, -0.1) is 0 Å².